The highest BCUT2D eigenvalue weighted by Gasteiger charge is 2.15. The van der Waals surface area contributed by atoms with Crippen molar-refractivity contribution in [2.45, 2.75) is 4.90 Å². The van der Waals surface area contributed by atoms with E-state index in [2.05, 4.69) is 4.72 Å². The Kier molecular flexibility index (Phi) is 4.40. The van der Waals surface area contributed by atoms with Gasteiger partial charge >= 0.3 is 0 Å². The first-order valence-electron chi connectivity index (χ1n) is 7.32. The topological polar surface area (TPSA) is 85.2 Å². The monoisotopic (exact) mass is 376 g/mol. The molecule has 3 aromatic rings. The van der Waals surface area contributed by atoms with Crippen molar-refractivity contribution < 1.29 is 16.8 Å². The quantitative estimate of drug-likeness (QED) is 0.742. The molecule has 25 heavy (non-hydrogen) atoms. The third kappa shape index (κ3) is 3.92. The standard InChI is InChI=1S/C17H16N2O4S2/c1-24(20,21)18-16-8-4-14(5-9-16)15-6-10-17(11-7-15)25(22,23)19-12-2-3-13-19/h2-13,18H,1H3. The molecule has 0 saturated carbocycles. The maximum Gasteiger partial charge on any atom is 0.267 e. The lowest BCUT2D eigenvalue weighted by Gasteiger charge is -2.08. The fraction of sp³-hybridized carbons (Fsp3) is 0.0588. The van der Waals surface area contributed by atoms with Crippen LogP contribution < -0.4 is 4.72 Å². The van der Waals surface area contributed by atoms with E-state index in [-0.39, 0.29) is 4.90 Å². The van der Waals surface area contributed by atoms with E-state index in [1.54, 1.807) is 60.7 Å². The van der Waals surface area contributed by atoms with Crippen molar-refractivity contribution in [2.24, 2.45) is 0 Å². The largest absolute Gasteiger partial charge is 0.284 e. The number of hydrogen-bond acceptors (Lipinski definition) is 4. The highest BCUT2D eigenvalue weighted by molar-refractivity contribution is 7.92. The number of nitrogens with one attached hydrogen (secondary N) is 1. The molecule has 0 amide bonds. The third-order valence-electron chi connectivity index (χ3n) is 3.53. The van der Waals surface area contributed by atoms with Crippen LogP contribution in [0, 0.1) is 0 Å². The van der Waals surface area contributed by atoms with E-state index in [1.807, 2.05) is 0 Å². The minimum atomic E-state index is -3.58. The Labute approximate surface area is 146 Å². The lowest BCUT2D eigenvalue weighted by atomic mass is 10.1. The summed E-state index contributed by atoms with van der Waals surface area (Å²) in [6, 6.07) is 16.7. The van der Waals surface area contributed by atoms with Gasteiger partial charge in [0.25, 0.3) is 10.0 Å². The highest BCUT2D eigenvalue weighted by atomic mass is 32.2. The summed E-state index contributed by atoms with van der Waals surface area (Å²) in [6.45, 7) is 0. The molecule has 0 spiro atoms. The van der Waals surface area contributed by atoms with Crippen LogP contribution in [-0.2, 0) is 20.0 Å². The Hall–Kier alpha value is -2.58. The number of sulfonamides is 1. The summed E-state index contributed by atoms with van der Waals surface area (Å²) in [4.78, 5) is 0.197. The lowest BCUT2D eigenvalue weighted by molar-refractivity contribution is 0.587. The normalized spacial score (nSPS) is 12.0. The van der Waals surface area contributed by atoms with Crippen LogP contribution in [0.3, 0.4) is 0 Å². The smallest absolute Gasteiger partial charge is 0.267 e. The first-order chi connectivity index (χ1) is 11.8. The molecule has 0 radical (unpaired) electrons. The van der Waals surface area contributed by atoms with Gasteiger partial charge < -0.3 is 0 Å². The van der Waals surface area contributed by atoms with Crippen molar-refractivity contribution in [3.63, 3.8) is 0 Å². The van der Waals surface area contributed by atoms with Crippen LogP contribution in [-0.4, -0.2) is 27.1 Å². The number of anilines is 1. The molecule has 8 heteroatoms. The van der Waals surface area contributed by atoms with Gasteiger partial charge in [-0.05, 0) is 47.5 Å². The fourth-order valence-electron chi connectivity index (χ4n) is 2.36. The van der Waals surface area contributed by atoms with E-state index in [4.69, 9.17) is 0 Å². The Morgan fingerprint density at radius 1 is 0.760 bits per heavy atom. The van der Waals surface area contributed by atoms with E-state index in [0.29, 0.717) is 5.69 Å². The Morgan fingerprint density at radius 2 is 1.24 bits per heavy atom. The van der Waals surface area contributed by atoms with E-state index >= 15 is 0 Å². The van der Waals surface area contributed by atoms with Crippen LogP contribution in [0.4, 0.5) is 5.69 Å². The van der Waals surface area contributed by atoms with Gasteiger partial charge in [0.2, 0.25) is 10.0 Å². The molecule has 3 rings (SSSR count). The molecule has 1 heterocycles. The number of aromatic nitrogens is 1. The number of benzene rings is 2. The average Bonchev–Trinajstić information content (AvgIpc) is 3.09. The Balaban J connectivity index is 1.86. The molecule has 0 unspecified atom stereocenters. The van der Waals surface area contributed by atoms with E-state index < -0.39 is 20.0 Å². The predicted octanol–water partition coefficient (Wildman–Crippen LogP) is 2.76. The number of rotatable bonds is 5. The summed E-state index contributed by atoms with van der Waals surface area (Å²) in [5, 5.41) is 0. The highest BCUT2D eigenvalue weighted by Crippen LogP contribution is 2.24. The van der Waals surface area contributed by atoms with Gasteiger partial charge in [-0.1, -0.05) is 24.3 Å². The lowest BCUT2D eigenvalue weighted by Crippen LogP contribution is -2.10. The summed E-state index contributed by atoms with van der Waals surface area (Å²) in [7, 11) is -6.90. The van der Waals surface area contributed by atoms with Crippen molar-refractivity contribution in [1.29, 1.82) is 0 Å². The van der Waals surface area contributed by atoms with Crippen molar-refractivity contribution in [3.05, 3.63) is 73.1 Å². The van der Waals surface area contributed by atoms with Crippen molar-refractivity contribution in [1.82, 2.24) is 3.97 Å². The number of nitrogens with zero attached hydrogens (tertiary/aromatic N) is 1. The second kappa shape index (κ2) is 6.38. The molecule has 0 fully saturated rings. The summed E-state index contributed by atoms with van der Waals surface area (Å²) in [5.74, 6) is 0. The molecular formula is C17H16N2O4S2. The van der Waals surface area contributed by atoms with Crippen molar-refractivity contribution in [2.75, 3.05) is 11.0 Å². The molecule has 0 atom stereocenters. The zero-order chi connectivity index (χ0) is 18.1. The minimum Gasteiger partial charge on any atom is -0.284 e. The van der Waals surface area contributed by atoms with E-state index in [1.165, 1.54) is 12.4 Å². The molecule has 6 nitrogen and oxygen atoms in total. The molecule has 1 aromatic heterocycles. The Morgan fingerprint density at radius 3 is 1.72 bits per heavy atom. The van der Waals surface area contributed by atoms with Gasteiger partial charge in [-0.2, -0.15) is 0 Å². The summed E-state index contributed by atoms with van der Waals surface area (Å²) >= 11 is 0. The van der Waals surface area contributed by atoms with Crippen LogP contribution in [0.1, 0.15) is 0 Å². The number of hydrogen-bond donors (Lipinski definition) is 1. The average molecular weight is 376 g/mol. The SMILES string of the molecule is CS(=O)(=O)Nc1ccc(-c2ccc(S(=O)(=O)n3cccc3)cc2)cc1. The van der Waals surface area contributed by atoms with Crippen LogP contribution in [0.25, 0.3) is 11.1 Å². The molecule has 0 aliphatic heterocycles. The van der Waals surface area contributed by atoms with Crippen LogP contribution in [0.15, 0.2) is 78.0 Å². The summed E-state index contributed by atoms with van der Waals surface area (Å²) in [5.41, 5.74) is 2.15. The van der Waals surface area contributed by atoms with Crippen LogP contribution in [0.2, 0.25) is 0 Å². The van der Waals surface area contributed by atoms with Gasteiger partial charge in [-0.25, -0.2) is 20.8 Å². The van der Waals surface area contributed by atoms with Gasteiger partial charge in [0.05, 0.1) is 11.2 Å². The van der Waals surface area contributed by atoms with E-state index in [9.17, 15) is 16.8 Å². The first-order valence-corrected chi connectivity index (χ1v) is 10.7. The molecule has 0 saturated heterocycles. The molecular weight excluding hydrogens is 360 g/mol. The zero-order valence-corrected chi connectivity index (χ0v) is 15.0. The Bertz CT molecular complexity index is 1070. The molecule has 0 bridgehead atoms. The molecule has 0 aliphatic carbocycles. The van der Waals surface area contributed by atoms with Crippen LogP contribution >= 0.6 is 0 Å². The van der Waals surface area contributed by atoms with E-state index in [0.717, 1.165) is 21.4 Å². The van der Waals surface area contributed by atoms with Crippen LogP contribution in [0.5, 0.6) is 0 Å². The second-order valence-corrected chi connectivity index (χ2v) is 9.09. The fourth-order valence-corrected chi connectivity index (χ4v) is 4.11. The second-order valence-electron chi connectivity index (χ2n) is 5.49. The third-order valence-corrected chi connectivity index (χ3v) is 5.80. The molecule has 1 N–H and O–H groups in total. The predicted molar refractivity (Wildman–Crippen MR) is 97.4 cm³/mol. The summed E-state index contributed by atoms with van der Waals surface area (Å²) in [6.07, 6.45) is 4.05. The first kappa shape index (κ1) is 17.2. The van der Waals surface area contributed by atoms with Crippen molar-refractivity contribution >= 4 is 25.7 Å². The zero-order valence-electron chi connectivity index (χ0n) is 13.3. The van der Waals surface area contributed by atoms with Gasteiger partial charge in [0, 0.05) is 18.1 Å². The van der Waals surface area contributed by atoms with Gasteiger partial charge in [-0.15, -0.1) is 0 Å². The molecule has 0 aliphatic rings. The molecule has 2 aromatic carbocycles. The minimum absolute atomic E-state index is 0.197. The molecule has 130 valence electrons. The van der Waals surface area contributed by atoms with Gasteiger partial charge in [0.15, 0.2) is 0 Å². The summed E-state index contributed by atoms with van der Waals surface area (Å²) < 4.78 is 50.8. The van der Waals surface area contributed by atoms with Gasteiger partial charge in [0.1, 0.15) is 0 Å². The van der Waals surface area contributed by atoms with Crippen molar-refractivity contribution in [3.8, 4) is 11.1 Å². The van der Waals surface area contributed by atoms with Gasteiger partial charge in [-0.3, -0.25) is 4.72 Å². The maximum absolute atomic E-state index is 12.4. The maximum atomic E-state index is 12.4.